The van der Waals surface area contributed by atoms with Crippen LogP contribution < -0.4 is 5.32 Å². The van der Waals surface area contributed by atoms with Crippen LogP contribution in [-0.4, -0.2) is 22.1 Å². The Morgan fingerprint density at radius 2 is 2.07 bits per heavy atom. The Morgan fingerprint density at radius 1 is 1.33 bits per heavy atom. The monoisotopic (exact) mass is 207 g/mol. The summed E-state index contributed by atoms with van der Waals surface area (Å²) in [6.45, 7) is 9.75. The standard InChI is InChI=1S/C12H21N3/c1-10(5-6-15-12(2,3)4)11-9-13-7-8-14-11/h7-10,15H,5-6H2,1-4H3. The first-order valence-corrected chi connectivity index (χ1v) is 5.50. The average molecular weight is 207 g/mol. The first-order chi connectivity index (χ1) is 6.99. The fraction of sp³-hybridized carbons (Fsp3) is 0.667. The molecule has 1 atom stereocenters. The molecule has 0 aliphatic carbocycles. The number of nitrogens with one attached hydrogen (secondary N) is 1. The van der Waals surface area contributed by atoms with E-state index in [9.17, 15) is 0 Å². The SMILES string of the molecule is CC(CCNC(C)(C)C)c1cnccn1. The molecular formula is C12H21N3. The number of hydrogen-bond donors (Lipinski definition) is 1. The summed E-state index contributed by atoms with van der Waals surface area (Å²) in [6, 6.07) is 0. The summed E-state index contributed by atoms with van der Waals surface area (Å²) in [6.07, 6.45) is 6.41. The minimum Gasteiger partial charge on any atom is -0.312 e. The maximum absolute atomic E-state index is 4.30. The maximum atomic E-state index is 4.30. The van der Waals surface area contributed by atoms with E-state index in [0.717, 1.165) is 18.7 Å². The van der Waals surface area contributed by atoms with Crippen molar-refractivity contribution in [2.45, 2.75) is 45.6 Å². The number of rotatable bonds is 4. The van der Waals surface area contributed by atoms with Crippen LogP contribution in [0, 0.1) is 0 Å². The van der Waals surface area contributed by atoms with Gasteiger partial charge in [-0.25, -0.2) is 0 Å². The number of nitrogens with zero attached hydrogens (tertiary/aromatic N) is 2. The Bertz CT molecular complexity index is 277. The molecule has 0 bridgehead atoms. The molecular weight excluding hydrogens is 186 g/mol. The Kier molecular flexibility index (Phi) is 4.21. The summed E-state index contributed by atoms with van der Waals surface area (Å²) in [5, 5.41) is 3.47. The van der Waals surface area contributed by atoms with E-state index in [1.807, 2.05) is 6.20 Å². The van der Waals surface area contributed by atoms with Crippen molar-refractivity contribution in [2.24, 2.45) is 0 Å². The van der Waals surface area contributed by atoms with E-state index >= 15 is 0 Å². The molecule has 3 heteroatoms. The highest BCUT2D eigenvalue weighted by Gasteiger charge is 2.11. The van der Waals surface area contributed by atoms with Crippen molar-refractivity contribution < 1.29 is 0 Å². The summed E-state index contributed by atoms with van der Waals surface area (Å²) in [5.74, 6) is 0.466. The minimum absolute atomic E-state index is 0.197. The summed E-state index contributed by atoms with van der Waals surface area (Å²) in [5.41, 5.74) is 1.27. The molecule has 3 nitrogen and oxygen atoms in total. The smallest absolute Gasteiger partial charge is 0.0615 e. The molecule has 1 rings (SSSR count). The van der Waals surface area contributed by atoms with Gasteiger partial charge in [-0.05, 0) is 33.7 Å². The average Bonchev–Trinajstić information content (AvgIpc) is 2.17. The lowest BCUT2D eigenvalue weighted by Crippen LogP contribution is -2.36. The van der Waals surface area contributed by atoms with E-state index < -0.39 is 0 Å². The molecule has 1 unspecified atom stereocenters. The second-order valence-corrected chi connectivity index (χ2v) is 5.00. The number of hydrogen-bond acceptors (Lipinski definition) is 3. The second-order valence-electron chi connectivity index (χ2n) is 5.00. The van der Waals surface area contributed by atoms with Gasteiger partial charge in [0.25, 0.3) is 0 Å². The zero-order valence-corrected chi connectivity index (χ0v) is 10.1. The van der Waals surface area contributed by atoms with Crippen LogP contribution >= 0.6 is 0 Å². The Labute approximate surface area is 92.3 Å². The first kappa shape index (κ1) is 12.1. The van der Waals surface area contributed by atoms with Crippen LogP contribution in [0.5, 0.6) is 0 Å². The van der Waals surface area contributed by atoms with Gasteiger partial charge in [-0.15, -0.1) is 0 Å². The second kappa shape index (κ2) is 5.21. The third-order valence-electron chi connectivity index (χ3n) is 2.32. The van der Waals surface area contributed by atoms with Crippen molar-refractivity contribution in [3.63, 3.8) is 0 Å². The molecule has 0 aliphatic heterocycles. The normalized spacial score (nSPS) is 13.9. The summed E-state index contributed by atoms with van der Waals surface area (Å²) < 4.78 is 0. The third-order valence-corrected chi connectivity index (χ3v) is 2.32. The van der Waals surface area contributed by atoms with Crippen LogP contribution in [0.25, 0.3) is 0 Å². The first-order valence-electron chi connectivity index (χ1n) is 5.50. The lowest BCUT2D eigenvalue weighted by atomic mass is 10.0. The predicted molar refractivity (Wildman–Crippen MR) is 62.8 cm³/mol. The largest absolute Gasteiger partial charge is 0.312 e. The van der Waals surface area contributed by atoms with Gasteiger partial charge >= 0.3 is 0 Å². The molecule has 0 aliphatic rings. The fourth-order valence-electron chi connectivity index (χ4n) is 1.38. The topological polar surface area (TPSA) is 37.8 Å². The molecule has 0 amide bonds. The highest BCUT2D eigenvalue weighted by atomic mass is 14.9. The molecule has 1 aromatic heterocycles. The van der Waals surface area contributed by atoms with Gasteiger partial charge in [0.15, 0.2) is 0 Å². The Balaban J connectivity index is 2.34. The molecule has 0 radical (unpaired) electrons. The van der Waals surface area contributed by atoms with Crippen molar-refractivity contribution in [1.29, 1.82) is 0 Å². The van der Waals surface area contributed by atoms with Crippen LogP contribution in [0.2, 0.25) is 0 Å². The zero-order chi connectivity index (χ0) is 11.3. The molecule has 0 fully saturated rings. The quantitative estimate of drug-likeness (QED) is 0.823. The molecule has 0 spiro atoms. The van der Waals surface area contributed by atoms with Crippen molar-refractivity contribution >= 4 is 0 Å². The molecule has 15 heavy (non-hydrogen) atoms. The van der Waals surface area contributed by atoms with Crippen LogP contribution in [0.1, 0.15) is 45.7 Å². The fourth-order valence-corrected chi connectivity index (χ4v) is 1.38. The van der Waals surface area contributed by atoms with E-state index in [1.165, 1.54) is 0 Å². The highest BCUT2D eigenvalue weighted by Crippen LogP contribution is 2.14. The van der Waals surface area contributed by atoms with Gasteiger partial charge in [-0.2, -0.15) is 0 Å². The minimum atomic E-state index is 0.197. The Hall–Kier alpha value is -0.960. The van der Waals surface area contributed by atoms with E-state index in [4.69, 9.17) is 0 Å². The lowest BCUT2D eigenvalue weighted by Gasteiger charge is -2.21. The maximum Gasteiger partial charge on any atom is 0.0615 e. The highest BCUT2D eigenvalue weighted by molar-refractivity contribution is 5.01. The predicted octanol–water partition coefficient (Wildman–Crippen LogP) is 2.36. The van der Waals surface area contributed by atoms with Crippen molar-refractivity contribution in [2.75, 3.05) is 6.54 Å². The van der Waals surface area contributed by atoms with Gasteiger partial charge in [-0.3, -0.25) is 9.97 Å². The molecule has 1 N–H and O–H groups in total. The Morgan fingerprint density at radius 3 is 2.60 bits per heavy atom. The summed E-state index contributed by atoms with van der Waals surface area (Å²) >= 11 is 0. The summed E-state index contributed by atoms with van der Waals surface area (Å²) in [7, 11) is 0. The van der Waals surface area contributed by atoms with Gasteiger partial charge in [0.05, 0.1) is 5.69 Å². The summed E-state index contributed by atoms with van der Waals surface area (Å²) in [4.78, 5) is 8.38. The van der Waals surface area contributed by atoms with Crippen molar-refractivity contribution in [3.05, 3.63) is 24.3 Å². The van der Waals surface area contributed by atoms with Gasteiger partial charge in [0.1, 0.15) is 0 Å². The van der Waals surface area contributed by atoms with Gasteiger partial charge in [0.2, 0.25) is 0 Å². The molecule has 0 saturated carbocycles. The van der Waals surface area contributed by atoms with Crippen LogP contribution in [-0.2, 0) is 0 Å². The number of aromatic nitrogens is 2. The van der Waals surface area contributed by atoms with E-state index in [1.54, 1.807) is 12.4 Å². The molecule has 1 aromatic rings. The lowest BCUT2D eigenvalue weighted by molar-refractivity contribution is 0.412. The van der Waals surface area contributed by atoms with Crippen molar-refractivity contribution in [1.82, 2.24) is 15.3 Å². The zero-order valence-electron chi connectivity index (χ0n) is 10.1. The molecule has 1 heterocycles. The van der Waals surface area contributed by atoms with Crippen molar-refractivity contribution in [3.8, 4) is 0 Å². The molecule has 0 aromatic carbocycles. The van der Waals surface area contributed by atoms with Gasteiger partial charge in [-0.1, -0.05) is 6.92 Å². The van der Waals surface area contributed by atoms with Gasteiger partial charge < -0.3 is 5.32 Å². The molecule has 84 valence electrons. The molecule has 0 saturated heterocycles. The van der Waals surface area contributed by atoms with Crippen LogP contribution in [0.4, 0.5) is 0 Å². The van der Waals surface area contributed by atoms with E-state index in [0.29, 0.717) is 5.92 Å². The third kappa shape index (κ3) is 4.88. The van der Waals surface area contributed by atoms with Crippen LogP contribution in [0.3, 0.4) is 0 Å². The van der Waals surface area contributed by atoms with E-state index in [-0.39, 0.29) is 5.54 Å². The van der Waals surface area contributed by atoms with E-state index in [2.05, 4.69) is 43.0 Å². The van der Waals surface area contributed by atoms with Gasteiger partial charge in [0, 0.05) is 30.0 Å². The van der Waals surface area contributed by atoms with Crippen LogP contribution in [0.15, 0.2) is 18.6 Å².